The lowest BCUT2D eigenvalue weighted by atomic mass is 9.92. The molecule has 1 atom stereocenters. The number of halogens is 2. The van der Waals surface area contributed by atoms with E-state index in [0.29, 0.717) is 16.3 Å². The van der Waals surface area contributed by atoms with E-state index in [1.165, 1.54) is 6.42 Å². The fourth-order valence-electron chi connectivity index (χ4n) is 4.71. The van der Waals surface area contributed by atoms with E-state index < -0.39 is 0 Å². The minimum Gasteiger partial charge on any atom is -0.349 e. The molecule has 3 N–H and O–H groups in total. The molecule has 2 amide bonds. The van der Waals surface area contributed by atoms with Crippen LogP contribution in [0, 0.1) is 11.3 Å². The van der Waals surface area contributed by atoms with Crippen molar-refractivity contribution in [1.82, 2.24) is 10.6 Å². The lowest BCUT2D eigenvalue weighted by molar-refractivity contribution is -0.118. The number of hydrogen-bond donors (Lipinski definition) is 3. The van der Waals surface area contributed by atoms with Crippen LogP contribution >= 0.6 is 24.0 Å². The van der Waals surface area contributed by atoms with Crippen molar-refractivity contribution in [3.8, 4) is 0 Å². The first-order chi connectivity index (χ1) is 13.1. The summed E-state index contributed by atoms with van der Waals surface area (Å²) in [4.78, 5) is 25.3. The van der Waals surface area contributed by atoms with Gasteiger partial charge in [-0.25, -0.2) is 0 Å². The Morgan fingerprint density at radius 1 is 1.11 bits per heavy atom. The van der Waals surface area contributed by atoms with E-state index in [9.17, 15) is 9.59 Å². The Morgan fingerprint density at radius 3 is 2.54 bits per heavy atom. The molecule has 1 unspecified atom stereocenters. The summed E-state index contributed by atoms with van der Waals surface area (Å²) >= 11 is 6.26. The zero-order valence-corrected chi connectivity index (χ0v) is 17.6. The maximum absolute atomic E-state index is 12.7. The van der Waals surface area contributed by atoms with Crippen molar-refractivity contribution in [1.29, 1.82) is 0 Å². The fraction of sp³-hybridized carbons (Fsp3) is 0.619. The lowest BCUT2D eigenvalue weighted by Gasteiger charge is -2.23. The Kier molecular flexibility index (Phi) is 6.89. The molecule has 0 bridgehead atoms. The number of benzene rings is 1. The normalized spacial score (nSPS) is 23.5. The molecule has 1 aromatic rings. The second-order valence-electron chi connectivity index (χ2n) is 8.36. The van der Waals surface area contributed by atoms with Gasteiger partial charge in [0.2, 0.25) is 5.91 Å². The second kappa shape index (κ2) is 9.02. The third kappa shape index (κ3) is 4.64. The van der Waals surface area contributed by atoms with Gasteiger partial charge < -0.3 is 16.0 Å². The van der Waals surface area contributed by atoms with Crippen molar-refractivity contribution >= 4 is 41.5 Å². The minimum absolute atomic E-state index is 0. The number of amides is 2. The van der Waals surface area contributed by atoms with Crippen LogP contribution in [0.2, 0.25) is 5.02 Å². The van der Waals surface area contributed by atoms with Crippen molar-refractivity contribution in [2.75, 3.05) is 18.4 Å². The van der Waals surface area contributed by atoms with E-state index in [4.69, 9.17) is 11.6 Å². The summed E-state index contributed by atoms with van der Waals surface area (Å²) in [5, 5.41) is 9.88. The molecule has 1 heterocycles. The molecule has 28 heavy (non-hydrogen) atoms. The van der Waals surface area contributed by atoms with E-state index in [0.717, 1.165) is 58.0 Å². The van der Waals surface area contributed by atoms with Crippen LogP contribution < -0.4 is 16.0 Å². The SMILES string of the molecule is Cl.O=C(NC1CCCCC1)c1cc(NC(=O)C2CC23CCNCC3)ccc1Cl. The smallest absolute Gasteiger partial charge is 0.253 e. The molecule has 1 aliphatic heterocycles. The molecule has 1 saturated heterocycles. The summed E-state index contributed by atoms with van der Waals surface area (Å²) in [5.74, 6) is 0.0110. The molecule has 2 aliphatic carbocycles. The van der Waals surface area contributed by atoms with Crippen LogP contribution in [0.25, 0.3) is 0 Å². The van der Waals surface area contributed by atoms with Gasteiger partial charge in [0.25, 0.3) is 5.91 Å². The zero-order valence-electron chi connectivity index (χ0n) is 16.1. The van der Waals surface area contributed by atoms with Crippen molar-refractivity contribution in [2.24, 2.45) is 11.3 Å². The molecule has 154 valence electrons. The highest BCUT2D eigenvalue weighted by Gasteiger charge is 2.57. The van der Waals surface area contributed by atoms with Gasteiger partial charge in [-0.15, -0.1) is 12.4 Å². The van der Waals surface area contributed by atoms with E-state index in [2.05, 4.69) is 16.0 Å². The number of piperidine rings is 1. The van der Waals surface area contributed by atoms with Gasteiger partial charge >= 0.3 is 0 Å². The summed E-state index contributed by atoms with van der Waals surface area (Å²) in [7, 11) is 0. The van der Waals surface area contributed by atoms with Crippen LogP contribution in [0.3, 0.4) is 0 Å². The van der Waals surface area contributed by atoms with Gasteiger partial charge in [-0.3, -0.25) is 9.59 Å². The van der Waals surface area contributed by atoms with Crippen LogP contribution in [0.15, 0.2) is 18.2 Å². The Bertz CT molecular complexity index is 728. The summed E-state index contributed by atoms with van der Waals surface area (Å²) in [6.07, 6.45) is 8.73. The monoisotopic (exact) mass is 425 g/mol. The molecule has 2 saturated carbocycles. The summed E-state index contributed by atoms with van der Waals surface area (Å²) in [6, 6.07) is 5.40. The molecule has 1 spiro atoms. The number of nitrogens with one attached hydrogen (secondary N) is 3. The minimum atomic E-state index is -0.149. The molecule has 1 aromatic carbocycles. The molecule has 7 heteroatoms. The Balaban J connectivity index is 0.00000225. The summed E-state index contributed by atoms with van der Waals surface area (Å²) in [6.45, 7) is 1.99. The molecular weight excluding hydrogens is 397 g/mol. The quantitative estimate of drug-likeness (QED) is 0.678. The number of anilines is 1. The number of carbonyl (C=O) groups excluding carboxylic acids is 2. The highest BCUT2D eigenvalue weighted by atomic mass is 35.5. The topological polar surface area (TPSA) is 70.2 Å². The Morgan fingerprint density at radius 2 is 1.82 bits per heavy atom. The molecule has 3 aliphatic rings. The van der Waals surface area contributed by atoms with Gasteiger partial charge in [0, 0.05) is 17.6 Å². The van der Waals surface area contributed by atoms with Gasteiger partial charge in [-0.1, -0.05) is 30.9 Å². The summed E-state index contributed by atoms with van der Waals surface area (Å²) in [5.41, 5.74) is 1.28. The van der Waals surface area contributed by atoms with Crippen LogP contribution in [0.4, 0.5) is 5.69 Å². The van der Waals surface area contributed by atoms with Crippen LogP contribution in [0.1, 0.15) is 61.7 Å². The first-order valence-electron chi connectivity index (χ1n) is 10.2. The highest BCUT2D eigenvalue weighted by Crippen LogP contribution is 2.58. The van der Waals surface area contributed by atoms with Gasteiger partial charge in [0.15, 0.2) is 0 Å². The highest BCUT2D eigenvalue weighted by molar-refractivity contribution is 6.34. The predicted octanol–water partition coefficient (Wildman–Crippen LogP) is 4.15. The first kappa shape index (κ1) is 21.4. The first-order valence-corrected chi connectivity index (χ1v) is 10.6. The third-order valence-electron chi connectivity index (χ3n) is 6.52. The maximum Gasteiger partial charge on any atom is 0.253 e. The lowest BCUT2D eigenvalue weighted by Crippen LogP contribution is -2.36. The molecule has 0 aromatic heterocycles. The third-order valence-corrected chi connectivity index (χ3v) is 6.85. The summed E-state index contributed by atoms with van der Waals surface area (Å²) < 4.78 is 0. The number of rotatable bonds is 4. The van der Waals surface area contributed by atoms with Crippen molar-refractivity contribution < 1.29 is 9.59 Å². The van der Waals surface area contributed by atoms with Gasteiger partial charge in [-0.2, -0.15) is 0 Å². The maximum atomic E-state index is 12.7. The molecule has 5 nitrogen and oxygen atoms in total. The molecule has 3 fully saturated rings. The molecule has 0 radical (unpaired) electrons. The van der Waals surface area contributed by atoms with Crippen molar-refractivity contribution in [3.05, 3.63) is 28.8 Å². The molecule has 4 rings (SSSR count). The van der Waals surface area contributed by atoms with Gasteiger partial charge in [-0.05, 0) is 68.8 Å². The van der Waals surface area contributed by atoms with E-state index >= 15 is 0 Å². The van der Waals surface area contributed by atoms with E-state index in [1.807, 2.05) is 0 Å². The van der Waals surface area contributed by atoms with Crippen LogP contribution in [-0.2, 0) is 4.79 Å². The zero-order chi connectivity index (χ0) is 18.9. The Hall–Kier alpha value is -1.30. The van der Waals surface area contributed by atoms with Crippen LogP contribution in [0.5, 0.6) is 0 Å². The van der Waals surface area contributed by atoms with Crippen molar-refractivity contribution in [3.63, 3.8) is 0 Å². The van der Waals surface area contributed by atoms with Gasteiger partial charge in [0.1, 0.15) is 0 Å². The molecular formula is C21H29Cl2N3O2. The van der Waals surface area contributed by atoms with E-state index in [1.54, 1.807) is 18.2 Å². The average molecular weight is 426 g/mol. The fourth-order valence-corrected chi connectivity index (χ4v) is 4.92. The van der Waals surface area contributed by atoms with Gasteiger partial charge in [0.05, 0.1) is 10.6 Å². The van der Waals surface area contributed by atoms with E-state index in [-0.39, 0.29) is 41.6 Å². The Labute approximate surface area is 177 Å². The largest absolute Gasteiger partial charge is 0.349 e. The van der Waals surface area contributed by atoms with Crippen molar-refractivity contribution in [2.45, 2.75) is 57.4 Å². The standard InChI is InChI=1S/C21H28ClN3O2.ClH/c22-18-7-6-15(12-16(18)19(26)24-14-4-2-1-3-5-14)25-20(27)17-13-21(17)8-10-23-11-9-21;/h6-7,12,14,17,23H,1-5,8-11,13H2,(H,24,26)(H,25,27);1H. The number of carbonyl (C=O) groups is 2. The number of hydrogen-bond acceptors (Lipinski definition) is 3. The second-order valence-corrected chi connectivity index (χ2v) is 8.77. The van der Waals surface area contributed by atoms with Crippen LogP contribution in [-0.4, -0.2) is 30.9 Å². The predicted molar refractivity (Wildman–Crippen MR) is 114 cm³/mol. The average Bonchev–Trinajstić information content (AvgIpc) is 3.37.